The molecule has 0 atom stereocenters. The van der Waals surface area contributed by atoms with Gasteiger partial charge in [-0.05, 0) is 39.2 Å². The number of carbonyl (C=O) groups excluding carboxylic acids is 3. The molecule has 0 radical (unpaired) electrons. The number of aromatic amines is 2. The molecule has 0 fully saturated rings. The number of nitrogens with zero attached hydrogens (tertiary/aromatic N) is 5. The predicted octanol–water partition coefficient (Wildman–Crippen LogP) is 2.82. The van der Waals surface area contributed by atoms with Crippen LogP contribution in [0.25, 0.3) is 0 Å². The highest BCUT2D eigenvalue weighted by atomic mass is 35.5. The molecule has 0 aliphatic rings. The van der Waals surface area contributed by atoms with E-state index in [1.54, 1.807) is 31.3 Å². The summed E-state index contributed by atoms with van der Waals surface area (Å²) in [5.74, 6) is -0.620. The average Bonchev–Trinajstić information content (AvgIpc) is 3.45. The van der Waals surface area contributed by atoms with Gasteiger partial charge in [0.25, 0.3) is 11.8 Å². The van der Waals surface area contributed by atoms with E-state index in [2.05, 4.69) is 20.6 Å². The maximum Gasteiger partial charge on any atom is 0.344 e. The summed E-state index contributed by atoms with van der Waals surface area (Å²) in [6, 6.07) is 2.26. The number of nitrogens with one attached hydrogen (secondary N) is 3. The highest BCUT2D eigenvalue weighted by molar-refractivity contribution is 6.18. The smallest absolute Gasteiger partial charge is 0.344 e. The Kier molecular flexibility index (Phi) is 11.6. The number of amides is 4. The van der Waals surface area contributed by atoms with Gasteiger partial charge in [0.15, 0.2) is 0 Å². The maximum atomic E-state index is 13.0. The molecular formula is C20H30Cl2N8O4. The van der Waals surface area contributed by atoms with Crippen LogP contribution in [0.1, 0.15) is 27.4 Å². The first kappa shape index (κ1) is 28.9. The quantitative estimate of drug-likeness (QED) is 0.239. The van der Waals surface area contributed by atoms with E-state index in [0.717, 1.165) is 13.0 Å². The van der Waals surface area contributed by atoms with E-state index in [1.165, 1.54) is 17.2 Å². The Bertz CT molecular complexity index is 977. The normalized spacial score (nSPS) is 10.4. The number of halogens is 2. The summed E-state index contributed by atoms with van der Waals surface area (Å²) in [4.78, 5) is 59.3. The third-order valence-corrected chi connectivity index (χ3v) is 5.04. The van der Waals surface area contributed by atoms with Crippen LogP contribution >= 0.6 is 24.0 Å². The molecule has 2 heterocycles. The molecule has 0 saturated carbocycles. The number of aromatic nitrogens is 2. The Morgan fingerprint density at radius 2 is 1.76 bits per heavy atom. The van der Waals surface area contributed by atoms with E-state index >= 15 is 0 Å². The summed E-state index contributed by atoms with van der Waals surface area (Å²) < 4.78 is 0. The Morgan fingerprint density at radius 3 is 2.38 bits per heavy atom. The lowest BCUT2D eigenvalue weighted by Gasteiger charge is -2.18. The number of hydrogen-bond donors (Lipinski definition) is 3. The van der Waals surface area contributed by atoms with E-state index < -0.39 is 11.9 Å². The van der Waals surface area contributed by atoms with Crippen LogP contribution in [0.2, 0.25) is 0 Å². The molecule has 0 aromatic carbocycles. The fourth-order valence-electron chi connectivity index (χ4n) is 3.01. The Balaban J connectivity index is 0.00000578. The van der Waals surface area contributed by atoms with Crippen LogP contribution in [0.5, 0.6) is 0 Å². The summed E-state index contributed by atoms with van der Waals surface area (Å²) in [5, 5.41) is 5.70. The molecule has 12 nitrogen and oxygen atoms in total. The van der Waals surface area contributed by atoms with Crippen molar-refractivity contribution in [3.63, 3.8) is 0 Å². The SMILES string of the molecule is CN(C)CCCN(C)C(=O)c1cc(N(C)C(=O)c2[nH]ccc2NC(=O)N(CCCl)N=O)c[nH]1.Cl. The number of nitroso groups, excluding NO2 is 1. The van der Waals surface area contributed by atoms with Crippen LogP contribution in [0.15, 0.2) is 29.8 Å². The second-order valence-electron chi connectivity index (χ2n) is 7.61. The van der Waals surface area contributed by atoms with Crippen LogP contribution in [0.3, 0.4) is 0 Å². The predicted molar refractivity (Wildman–Crippen MR) is 134 cm³/mol. The van der Waals surface area contributed by atoms with Gasteiger partial charge in [-0.1, -0.05) is 0 Å². The minimum Gasteiger partial charge on any atom is -0.355 e. The van der Waals surface area contributed by atoms with Crippen LogP contribution in [-0.2, 0) is 0 Å². The minimum atomic E-state index is -0.811. The fourth-order valence-corrected chi connectivity index (χ4v) is 3.17. The monoisotopic (exact) mass is 516 g/mol. The molecule has 4 amide bonds. The first-order chi connectivity index (χ1) is 15.7. The molecule has 0 bridgehead atoms. The molecule has 14 heteroatoms. The van der Waals surface area contributed by atoms with Crippen molar-refractivity contribution < 1.29 is 14.4 Å². The van der Waals surface area contributed by atoms with Gasteiger partial charge in [-0.3, -0.25) is 9.59 Å². The van der Waals surface area contributed by atoms with Crippen molar-refractivity contribution in [1.29, 1.82) is 0 Å². The third kappa shape index (κ3) is 7.47. The minimum absolute atomic E-state index is 0. The zero-order valence-corrected chi connectivity index (χ0v) is 21.1. The fraction of sp³-hybridized carbons (Fsp3) is 0.450. The van der Waals surface area contributed by atoms with Crippen LogP contribution in [0.4, 0.5) is 16.2 Å². The molecule has 2 rings (SSSR count). The zero-order valence-electron chi connectivity index (χ0n) is 19.5. The van der Waals surface area contributed by atoms with Gasteiger partial charge in [-0.2, -0.15) is 5.01 Å². The molecule has 0 aliphatic heterocycles. The molecule has 188 valence electrons. The van der Waals surface area contributed by atoms with Gasteiger partial charge in [-0.15, -0.1) is 28.9 Å². The standard InChI is InChI=1S/C20H29ClN8O4.ClH/c1-26(2)9-5-10-27(3)18(30)16-12-14(13-23-16)28(4)19(31)17-15(6-8-22-17)24-20(32)29(25-33)11-7-21;/h6,8,12-13,22-23H,5,7,9-11H2,1-4H3,(H,24,32);1H. The average molecular weight is 517 g/mol. The molecule has 3 N–H and O–H groups in total. The number of anilines is 2. The van der Waals surface area contributed by atoms with E-state index in [-0.39, 0.29) is 42.1 Å². The molecular weight excluding hydrogens is 487 g/mol. The second kappa shape index (κ2) is 13.6. The van der Waals surface area contributed by atoms with Gasteiger partial charge >= 0.3 is 6.03 Å². The summed E-state index contributed by atoms with van der Waals surface area (Å²) in [5.41, 5.74) is 1.09. The lowest BCUT2D eigenvalue weighted by molar-refractivity contribution is 0.0785. The van der Waals surface area contributed by atoms with Gasteiger partial charge in [-0.25, -0.2) is 4.79 Å². The van der Waals surface area contributed by atoms with E-state index in [0.29, 0.717) is 22.9 Å². The third-order valence-electron chi connectivity index (χ3n) is 4.87. The number of urea groups is 1. The summed E-state index contributed by atoms with van der Waals surface area (Å²) >= 11 is 5.55. The van der Waals surface area contributed by atoms with E-state index in [1.807, 2.05) is 19.0 Å². The summed E-state index contributed by atoms with van der Waals surface area (Å²) in [6.07, 6.45) is 3.87. The number of rotatable bonds is 11. The van der Waals surface area contributed by atoms with Crippen LogP contribution in [-0.4, -0.2) is 96.3 Å². The molecule has 0 unspecified atom stereocenters. The Hall–Kier alpha value is -3.09. The van der Waals surface area contributed by atoms with Gasteiger partial charge in [0.1, 0.15) is 11.4 Å². The maximum absolute atomic E-state index is 13.0. The zero-order chi connectivity index (χ0) is 24.5. The number of H-pyrrole nitrogens is 2. The van der Waals surface area contributed by atoms with Crippen LogP contribution in [0, 0.1) is 4.91 Å². The van der Waals surface area contributed by atoms with E-state index in [9.17, 15) is 19.3 Å². The number of alkyl halides is 1. The molecule has 2 aromatic heterocycles. The Labute approximate surface area is 208 Å². The Morgan fingerprint density at radius 1 is 1.06 bits per heavy atom. The van der Waals surface area contributed by atoms with Gasteiger partial charge in [0, 0.05) is 38.9 Å². The first-order valence-corrected chi connectivity index (χ1v) is 10.7. The molecule has 0 spiro atoms. The number of carbonyl (C=O) groups is 3. The summed E-state index contributed by atoms with van der Waals surface area (Å²) in [7, 11) is 7.22. The first-order valence-electron chi connectivity index (χ1n) is 10.2. The van der Waals surface area contributed by atoms with Crippen molar-refractivity contribution in [2.45, 2.75) is 6.42 Å². The van der Waals surface area contributed by atoms with Crippen molar-refractivity contribution in [2.24, 2.45) is 5.29 Å². The van der Waals surface area contributed by atoms with Crippen molar-refractivity contribution in [2.75, 3.05) is 63.9 Å². The topological polar surface area (TPSA) is 137 Å². The largest absolute Gasteiger partial charge is 0.355 e. The molecule has 2 aromatic rings. The van der Waals surface area contributed by atoms with Gasteiger partial charge in [0.2, 0.25) is 0 Å². The lowest BCUT2D eigenvalue weighted by atomic mass is 10.3. The van der Waals surface area contributed by atoms with Crippen molar-refractivity contribution >= 4 is 53.2 Å². The molecule has 0 saturated heterocycles. The van der Waals surface area contributed by atoms with Crippen LogP contribution < -0.4 is 10.2 Å². The summed E-state index contributed by atoms with van der Waals surface area (Å²) in [6.45, 7) is 1.39. The second-order valence-corrected chi connectivity index (χ2v) is 7.99. The highest BCUT2D eigenvalue weighted by Crippen LogP contribution is 2.21. The highest BCUT2D eigenvalue weighted by Gasteiger charge is 2.23. The molecule has 34 heavy (non-hydrogen) atoms. The molecule has 0 aliphatic carbocycles. The van der Waals surface area contributed by atoms with Crippen molar-refractivity contribution in [1.82, 2.24) is 24.8 Å². The van der Waals surface area contributed by atoms with Gasteiger partial charge in [0.05, 0.1) is 23.2 Å². The van der Waals surface area contributed by atoms with E-state index in [4.69, 9.17) is 11.6 Å². The van der Waals surface area contributed by atoms with Crippen molar-refractivity contribution in [3.05, 3.63) is 40.8 Å². The number of hydrogen-bond acceptors (Lipinski definition) is 6. The lowest BCUT2D eigenvalue weighted by Crippen LogP contribution is -2.33. The van der Waals surface area contributed by atoms with Gasteiger partial charge < -0.3 is 30.0 Å². The van der Waals surface area contributed by atoms with Crippen molar-refractivity contribution in [3.8, 4) is 0 Å².